The highest BCUT2D eigenvalue weighted by Gasteiger charge is 2.24. The summed E-state index contributed by atoms with van der Waals surface area (Å²) in [5, 5.41) is 0. The van der Waals surface area contributed by atoms with Crippen LogP contribution in [0.1, 0.15) is 19.3 Å². The standard InChI is InChI=1S/C19H29N3O2/c1-20(11-9-19(23)21-12-14-24-15-13-21)18-8-5-10-22(16-18)17-6-3-2-4-7-17/h2-4,6-7,18H,5,8-16H2,1H3. The zero-order chi connectivity index (χ0) is 16.8. The van der Waals surface area contributed by atoms with E-state index in [9.17, 15) is 4.79 Å². The molecule has 0 radical (unpaired) electrons. The molecular formula is C19H29N3O2. The summed E-state index contributed by atoms with van der Waals surface area (Å²) in [4.78, 5) is 19.1. The SMILES string of the molecule is CN(CCC(=O)N1CCOCC1)C1CCCN(c2ccccc2)C1. The van der Waals surface area contributed by atoms with Crippen LogP contribution in [0.25, 0.3) is 0 Å². The molecule has 24 heavy (non-hydrogen) atoms. The van der Waals surface area contributed by atoms with Gasteiger partial charge in [0.05, 0.1) is 13.2 Å². The van der Waals surface area contributed by atoms with Gasteiger partial charge in [0, 0.05) is 50.9 Å². The summed E-state index contributed by atoms with van der Waals surface area (Å²) in [5.41, 5.74) is 1.31. The average Bonchev–Trinajstić information content (AvgIpc) is 2.67. The number of morpholine rings is 1. The molecule has 1 unspecified atom stereocenters. The van der Waals surface area contributed by atoms with Crippen molar-refractivity contribution in [2.45, 2.75) is 25.3 Å². The minimum atomic E-state index is 0.265. The molecular weight excluding hydrogens is 302 g/mol. The molecule has 1 aromatic carbocycles. The van der Waals surface area contributed by atoms with Crippen LogP contribution in [0.4, 0.5) is 5.69 Å². The fraction of sp³-hybridized carbons (Fsp3) is 0.632. The van der Waals surface area contributed by atoms with Crippen LogP contribution >= 0.6 is 0 Å². The topological polar surface area (TPSA) is 36.0 Å². The number of nitrogens with zero attached hydrogens (tertiary/aromatic N) is 3. The van der Waals surface area contributed by atoms with Gasteiger partial charge in [0.15, 0.2) is 0 Å². The minimum absolute atomic E-state index is 0.265. The normalized spacial score (nSPS) is 22.0. The van der Waals surface area contributed by atoms with Crippen LogP contribution < -0.4 is 4.90 Å². The maximum Gasteiger partial charge on any atom is 0.224 e. The molecule has 2 fully saturated rings. The van der Waals surface area contributed by atoms with E-state index in [1.165, 1.54) is 18.5 Å². The number of rotatable bonds is 5. The molecule has 2 heterocycles. The molecule has 0 aliphatic carbocycles. The first-order valence-corrected chi connectivity index (χ1v) is 9.10. The van der Waals surface area contributed by atoms with Crippen molar-refractivity contribution in [1.29, 1.82) is 0 Å². The van der Waals surface area contributed by atoms with Crippen LogP contribution in [0, 0.1) is 0 Å². The summed E-state index contributed by atoms with van der Waals surface area (Å²) in [6.45, 7) is 5.85. The van der Waals surface area contributed by atoms with Crippen molar-refractivity contribution in [3.05, 3.63) is 30.3 Å². The van der Waals surface area contributed by atoms with Gasteiger partial charge >= 0.3 is 0 Å². The molecule has 2 aliphatic heterocycles. The number of para-hydroxylation sites is 1. The second-order valence-corrected chi connectivity index (χ2v) is 6.80. The zero-order valence-electron chi connectivity index (χ0n) is 14.7. The van der Waals surface area contributed by atoms with Gasteiger partial charge in [-0.15, -0.1) is 0 Å². The number of hydrogen-bond donors (Lipinski definition) is 0. The van der Waals surface area contributed by atoms with Crippen molar-refractivity contribution in [3.8, 4) is 0 Å². The van der Waals surface area contributed by atoms with Crippen LogP contribution in [-0.4, -0.2) is 74.7 Å². The van der Waals surface area contributed by atoms with E-state index in [-0.39, 0.29) is 5.91 Å². The van der Waals surface area contributed by atoms with E-state index in [2.05, 4.69) is 47.2 Å². The monoisotopic (exact) mass is 331 g/mol. The Hall–Kier alpha value is -1.59. The quantitative estimate of drug-likeness (QED) is 0.825. The number of likely N-dealkylation sites (N-methyl/N-ethyl adjacent to an activating group) is 1. The molecule has 1 atom stereocenters. The number of carbonyl (C=O) groups excluding carboxylic acids is 1. The van der Waals surface area contributed by atoms with Gasteiger partial charge in [-0.25, -0.2) is 0 Å². The number of piperidine rings is 1. The lowest BCUT2D eigenvalue weighted by Crippen LogP contribution is -2.48. The first-order chi connectivity index (χ1) is 11.7. The van der Waals surface area contributed by atoms with Gasteiger partial charge in [-0.1, -0.05) is 18.2 Å². The van der Waals surface area contributed by atoms with Crippen molar-refractivity contribution in [2.75, 3.05) is 57.9 Å². The molecule has 5 heteroatoms. The van der Waals surface area contributed by atoms with E-state index in [0.29, 0.717) is 25.7 Å². The van der Waals surface area contributed by atoms with Crippen molar-refractivity contribution in [3.63, 3.8) is 0 Å². The maximum atomic E-state index is 12.3. The van der Waals surface area contributed by atoms with E-state index in [0.717, 1.165) is 32.7 Å². The molecule has 0 spiro atoms. The number of benzene rings is 1. The summed E-state index contributed by atoms with van der Waals surface area (Å²) in [6, 6.07) is 11.2. The third kappa shape index (κ3) is 4.48. The Bertz CT molecular complexity index is 517. The molecule has 2 saturated heterocycles. The van der Waals surface area contributed by atoms with Gasteiger partial charge in [-0.2, -0.15) is 0 Å². The van der Waals surface area contributed by atoms with Crippen LogP contribution in [0.2, 0.25) is 0 Å². The van der Waals surface area contributed by atoms with Gasteiger partial charge in [0.25, 0.3) is 0 Å². The summed E-state index contributed by atoms with van der Waals surface area (Å²) in [6.07, 6.45) is 3.03. The lowest BCUT2D eigenvalue weighted by atomic mass is 10.0. The molecule has 2 aliphatic rings. The predicted molar refractivity (Wildman–Crippen MR) is 96.3 cm³/mol. The fourth-order valence-corrected chi connectivity index (χ4v) is 3.61. The Morgan fingerprint density at radius 3 is 2.71 bits per heavy atom. The van der Waals surface area contributed by atoms with Gasteiger partial charge < -0.3 is 19.4 Å². The molecule has 1 amide bonds. The van der Waals surface area contributed by atoms with Gasteiger partial charge in [0.2, 0.25) is 5.91 Å². The van der Waals surface area contributed by atoms with E-state index in [1.807, 2.05) is 4.90 Å². The third-order valence-electron chi connectivity index (χ3n) is 5.18. The van der Waals surface area contributed by atoms with Crippen LogP contribution in [0.5, 0.6) is 0 Å². The Balaban J connectivity index is 1.47. The van der Waals surface area contributed by atoms with Crippen molar-refractivity contribution in [1.82, 2.24) is 9.80 Å². The average molecular weight is 331 g/mol. The lowest BCUT2D eigenvalue weighted by Gasteiger charge is -2.39. The van der Waals surface area contributed by atoms with Crippen molar-refractivity contribution >= 4 is 11.6 Å². The molecule has 132 valence electrons. The van der Waals surface area contributed by atoms with Crippen molar-refractivity contribution in [2.24, 2.45) is 0 Å². The number of anilines is 1. The number of amides is 1. The third-order valence-corrected chi connectivity index (χ3v) is 5.18. The fourth-order valence-electron chi connectivity index (χ4n) is 3.61. The molecule has 0 saturated carbocycles. The van der Waals surface area contributed by atoms with E-state index in [4.69, 9.17) is 4.74 Å². The number of carbonyl (C=O) groups is 1. The highest BCUT2D eigenvalue weighted by atomic mass is 16.5. The summed E-state index contributed by atoms with van der Waals surface area (Å²) in [7, 11) is 2.16. The Labute approximate surface area is 145 Å². The number of hydrogen-bond acceptors (Lipinski definition) is 4. The molecule has 3 rings (SSSR count). The number of ether oxygens (including phenoxy) is 1. The van der Waals surface area contributed by atoms with Crippen LogP contribution in [0.15, 0.2) is 30.3 Å². The smallest absolute Gasteiger partial charge is 0.224 e. The van der Waals surface area contributed by atoms with Crippen LogP contribution in [-0.2, 0) is 9.53 Å². The minimum Gasteiger partial charge on any atom is -0.378 e. The summed E-state index contributed by atoms with van der Waals surface area (Å²) >= 11 is 0. The zero-order valence-corrected chi connectivity index (χ0v) is 14.7. The Morgan fingerprint density at radius 2 is 1.96 bits per heavy atom. The highest BCUT2D eigenvalue weighted by Crippen LogP contribution is 2.21. The molecule has 0 bridgehead atoms. The molecule has 0 N–H and O–H groups in total. The van der Waals surface area contributed by atoms with E-state index < -0.39 is 0 Å². The first kappa shape index (κ1) is 17.2. The van der Waals surface area contributed by atoms with Crippen LogP contribution in [0.3, 0.4) is 0 Å². The van der Waals surface area contributed by atoms with Gasteiger partial charge in [-0.3, -0.25) is 4.79 Å². The second-order valence-electron chi connectivity index (χ2n) is 6.80. The molecule has 1 aromatic rings. The first-order valence-electron chi connectivity index (χ1n) is 9.10. The Morgan fingerprint density at radius 1 is 1.21 bits per heavy atom. The lowest BCUT2D eigenvalue weighted by molar-refractivity contribution is -0.135. The van der Waals surface area contributed by atoms with E-state index >= 15 is 0 Å². The summed E-state index contributed by atoms with van der Waals surface area (Å²) in [5.74, 6) is 0.265. The Kier molecular flexibility index (Phi) is 6.10. The van der Waals surface area contributed by atoms with Gasteiger partial charge in [0.1, 0.15) is 0 Å². The molecule has 0 aromatic heterocycles. The maximum absolute atomic E-state index is 12.3. The molecule has 5 nitrogen and oxygen atoms in total. The predicted octanol–water partition coefficient (Wildman–Crippen LogP) is 1.84. The van der Waals surface area contributed by atoms with E-state index in [1.54, 1.807) is 0 Å². The van der Waals surface area contributed by atoms with Crippen molar-refractivity contribution < 1.29 is 9.53 Å². The second kappa shape index (κ2) is 8.49. The summed E-state index contributed by atoms with van der Waals surface area (Å²) < 4.78 is 5.31. The van der Waals surface area contributed by atoms with Gasteiger partial charge in [-0.05, 0) is 32.0 Å². The largest absolute Gasteiger partial charge is 0.378 e. The highest BCUT2D eigenvalue weighted by molar-refractivity contribution is 5.76.